The molecule has 1 rings (SSSR count). The van der Waals surface area contributed by atoms with Crippen LogP contribution < -0.4 is 0 Å². The highest BCUT2D eigenvalue weighted by atomic mass is 32.2. The molecule has 7 heteroatoms. The normalized spacial score (nSPS) is 45.5. The van der Waals surface area contributed by atoms with E-state index in [-0.39, 0.29) is 0 Å². The van der Waals surface area contributed by atoms with Crippen LogP contribution in [0.25, 0.3) is 0 Å². The number of hydrogen-bond acceptors (Lipinski definition) is 6. The topological polar surface area (TPSA) is 115 Å². The lowest BCUT2D eigenvalue weighted by Crippen LogP contribution is -2.43. The highest BCUT2D eigenvalue weighted by Crippen LogP contribution is 2.14. The summed E-state index contributed by atoms with van der Waals surface area (Å²) in [4.78, 5) is 0. The van der Waals surface area contributed by atoms with E-state index in [4.69, 9.17) is 20.4 Å². The standard InChI is InChI=1S/C6H12O6S/c7-3-1-13(11,12)2-4(8)6(10)5(3)9/h3-10H,1-2H2/t3-,4-,5-,6-/m1/s1. The molecule has 1 aliphatic heterocycles. The highest BCUT2D eigenvalue weighted by molar-refractivity contribution is 7.91. The van der Waals surface area contributed by atoms with Crippen LogP contribution >= 0.6 is 0 Å². The second kappa shape index (κ2) is 3.50. The third kappa shape index (κ3) is 2.38. The fourth-order valence-corrected chi connectivity index (χ4v) is 2.81. The Labute approximate surface area is 75.4 Å². The molecule has 1 aliphatic rings. The summed E-state index contributed by atoms with van der Waals surface area (Å²) in [5, 5.41) is 36.4. The summed E-state index contributed by atoms with van der Waals surface area (Å²) in [6.45, 7) is 0. The molecule has 13 heavy (non-hydrogen) atoms. The van der Waals surface area contributed by atoms with Crippen molar-refractivity contribution in [2.75, 3.05) is 11.5 Å². The first-order valence-electron chi connectivity index (χ1n) is 3.76. The number of aliphatic hydroxyl groups is 4. The lowest BCUT2D eigenvalue weighted by atomic mass is 10.1. The van der Waals surface area contributed by atoms with Crippen molar-refractivity contribution in [1.29, 1.82) is 0 Å². The van der Waals surface area contributed by atoms with E-state index in [1.54, 1.807) is 0 Å². The summed E-state index contributed by atoms with van der Waals surface area (Å²) in [5.41, 5.74) is 0. The minimum absolute atomic E-state index is 0.637. The number of sulfone groups is 1. The molecule has 0 aromatic rings. The lowest BCUT2D eigenvalue weighted by Gasteiger charge is -2.20. The van der Waals surface area contributed by atoms with Crippen LogP contribution in [-0.2, 0) is 9.84 Å². The second-order valence-electron chi connectivity index (χ2n) is 3.19. The van der Waals surface area contributed by atoms with Gasteiger partial charge >= 0.3 is 0 Å². The Hall–Kier alpha value is -0.210. The minimum atomic E-state index is -3.60. The molecule has 4 N–H and O–H groups in total. The molecule has 0 amide bonds. The SMILES string of the molecule is O=S1(=O)C[C@@H](O)[C@@H](O)[C@H](O)[C@H](O)C1. The summed E-state index contributed by atoms with van der Waals surface area (Å²) in [7, 11) is -3.60. The molecule has 1 heterocycles. The average molecular weight is 212 g/mol. The summed E-state index contributed by atoms with van der Waals surface area (Å²) in [6, 6.07) is 0. The third-order valence-electron chi connectivity index (χ3n) is 1.99. The Morgan fingerprint density at radius 2 is 1.15 bits per heavy atom. The molecule has 0 aromatic heterocycles. The Balaban J connectivity index is 2.92. The Morgan fingerprint density at radius 1 is 0.846 bits per heavy atom. The van der Waals surface area contributed by atoms with Crippen LogP contribution in [0.4, 0.5) is 0 Å². The van der Waals surface area contributed by atoms with Crippen LogP contribution in [0.15, 0.2) is 0 Å². The van der Waals surface area contributed by atoms with E-state index < -0.39 is 45.8 Å². The van der Waals surface area contributed by atoms with Gasteiger partial charge in [0.2, 0.25) is 0 Å². The predicted molar refractivity (Wildman–Crippen MR) is 42.7 cm³/mol. The van der Waals surface area contributed by atoms with Crippen LogP contribution in [-0.4, -0.2) is 64.8 Å². The summed E-state index contributed by atoms with van der Waals surface area (Å²) in [6.07, 6.45) is -6.33. The van der Waals surface area contributed by atoms with Gasteiger partial charge in [-0.3, -0.25) is 0 Å². The molecule has 0 aromatic carbocycles. The predicted octanol–water partition coefficient (Wildman–Crippen LogP) is -3.14. The maximum absolute atomic E-state index is 11.0. The van der Waals surface area contributed by atoms with Gasteiger partial charge in [0.25, 0.3) is 0 Å². The molecular weight excluding hydrogens is 200 g/mol. The van der Waals surface area contributed by atoms with Gasteiger partial charge in [-0.05, 0) is 0 Å². The summed E-state index contributed by atoms with van der Waals surface area (Å²) in [5.74, 6) is -1.27. The van der Waals surface area contributed by atoms with Crippen LogP contribution in [0, 0.1) is 0 Å². The zero-order chi connectivity index (χ0) is 10.2. The van der Waals surface area contributed by atoms with E-state index >= 15 is 0 Å². The van der Waals surface area contributed by atoms with Crippen LogP contribution in [0.1, 0.15) is 0 Å². The van der Waals surface area contributed by atoms with Crippen LogP contribution in [0.3, 0.4) is 0 Å². The first kappa shape index (κ1) is 10.9. The quantitative estimate of drug-likeness (QED) is 0.337. The van der Waals surface area contributed by atoms with Crippen molar-refractivity contribution in [2.45, 2.75) is 24.4 Å². The average Bonchev–Trinajstić information content (AvgIpc) is 2.03. The molecule has 1 fully saturated rings. The molecule has 0 unspecified atom stereocenters. The molecular formula is C6H12O6S. The number of rotatable bonds is 0. The Kier molecular flexibility index (Phi) is 2.93. The van der Waals surface area contributed by atoms with Gasteiger partial charge in [0.05, 0.1) is 23.7 Å². The molecule has 0 spiro atoms. The lowest BCUT2D eigenvalue weighted by molar-refractivity contribution is -0.0894. The summed E-state index contributed by atoms with van der Waals surface area (Å²) >= 11 is 0. The number of hydrogen-bond donors (Lipinski definition) is 4. The van der Waals surface area contributed by atoms with E-state index in [1.807, 2.05) is 0 Å². The third-order valence-corrected chi connectivity index (χ3v) is 3.69. The van der Waals surface area contributed by atoms with E-state index in [2.05, 4.69) is 0 Å². The molecule has 0 radical (unpaired) electrons. The molecule has 4 atom stereocenters. The van der Waals surface area contributed by atoms with E-state index in [0.29, 0.717) is 0 Å². The second-order valence-corrected chi connectivity index (χ2v) is 5.35. The van der Waals surface area contributed by atoms with Gasteiger partial charge in [-0.2, -0.15) is 0 Å². The van der Waals surface area contributed by atoms with E-state index in [9.17, 15) is 8.42 Å². The van der Waals surface area contributed by atoms with Gasteiger partial charge in [0.1, 0.15) is 12.2 Å². The van der Waals surface area contributed by atoms with Crippen LogP contribution in [0.2, 0.25) is 0 Å². The largest absolute Gasteiger partial charge is 0.389 e. The maximum atomic E-state index is 11.0. The van der Waals surface area contributed by atoms with Gasteiger partial charge in [0.15, 0.2) is 9.84 Å². The van der Waals surface area contributed by atoms with Gasteiger partial charge < -0.3 is 20.4 Å². The van der Waals surface area contributed by atoms with Crippen molar-refractivity contribution in [1.82, 2.24) is 0 Å². The molecule has 78 valence electrons. The van der Waals surface area contributed by atoms with Gasteiger partial charge in [-0.1, -0.05) is 0 Å². The summed E-state index contributed by atoms with van der Waals surface area (Å²) < 4.78 is 22.1. The van der Waals surface area contributed by atoms with Crippen molar-refractivity contribution >= 4 is 9.84 Å². The van der Waals surface area contributed by atoms with Crippen molar-refractivity contribution in [2.24, 2.45) is 0 Å². The van der Waals surface area contributed by atoms with Crippen molar-refractivity contribution < 1.29 is 28.8 Å². The monoisotopic (exact) mass is 212 g/mol. The smallest absolute Gasteiger partial charge is 0.155 e. The zero-order valence-electron chi connectivity index (χ0n) is 6.74. The van der Waals surface area contributed by atoms with Gasteiger partial charge in [-0.25, -0.2) is 8.42 Å². The Morgan fingerprint density at radius 3 is 1.46 bits per heavy atom. The van der Waals surface area contributed by atoms with Crippen LogP contribution in [0.5, 0.6) is 0 Å². The Bertz CT molecular complexity index is 251. The van der Waals surface area contributed by atoms with E-state index in [0.717, 1.165) is 0 Å². The fraction of sp³-hybridized carbons (Fsp3) is 1.00. The minimum Gasteiger partial charge on any atom is -0.389 e. The number of aliphatic hydroxyl groups excluding tert-OH is 4. The highest BCUT2D eigenvalue weighted by Gasteiger charge is 2.39. The molecule has 0 bridgehead atoms. The van der Waals surface area contributed by atoms with Crippen molar-refractivity contribution in [3.8, 4) is 0 Å². The first-order chi connectivity index (χ1) is 5.83. The van der Waals surface area contributed by atoms with E-state index in [1.165, 1.54) is 0 Å². The van der Waals surface area contributed by atoms with Crippen molar-refractivity contribution in [3.63, 3.8) is 0 Å². The molecule has 6 nitrogen and oxygen atoms in total. The first-order valence-corrected chi connectivity index (χ1v) is 5.58. The maximum Gasteiger partial charge on any atom is 0.155 e. The van der Waals surface area contributed by atoms with Gasteiger partial charge in [-0.15, -0.1) is 0 Å². The molecule has 0 aliphatic carbocycles. The zero-order valence-corrected chi connectivity index (χ0v) is 7.55. The van der Waals surface area contributed by atoms with Crippen molar-refractivity contribution in [3.05, 3.63) is 0 Å². The fourth-order valence-electron chi connectivity index (χ4n) is 1.24. The molecule has 1 saturated heterocycles. The molecule has 0 saturated carbocycles. The van der Waals surface area contributed by atoms with Gasteiger partial charge in [0, 0.05) is 0 Å².